The van der Waals surface area contributed by atoms with Crippen LogP contribution >= 0.6 is 0 Å². The summed E-state index contributed by atoms with van der Waals surface area (Å²) in [5.74, 6) is 0. The van der Waals surface area contributed by atoms with Crippen molar-refractivity contribution in [3.05, 3.63) is 287 Å². The van der Waals surface area contributed by atoms with E-state index in [-0.39, 0.29) is 10.8 Å². The van der Waals surface area contributed by atoms with Gasteiger partial charge in [-0.05, 0) is 161 Å². The predicted molar refractivity (Wildman–Crippen MR) is 317 cm³/mol. The van der Waals surface area contributed by atoms with E-state index in [0.29, 0.717) is 0 Å². The van der Waals surface area contributed by atoms with Gasteiger partial charge in [0, 0.05) is 45.0 Å². The Bertz CT molecular complexity index is 3600. The molecular weight excluding hydrogens is 893 g/mol. The molecule has 0 N–H and O–H groups in total. The van der Waals surface area contributed by atoms with Crippen LogP contribution in [0.25, 0.3) is 68.1 Å². The van der Waals surface area contributed by atoms with Gasteiger partial charge < -0.3 is 9.80 Å². The van der Waals surface area contributed by atoms with Gasteiger partial charge in [-0.3, -0.25) is 0 Å². The first-order valence-corrected chi connectivity index (χ1v) is 25.9. The Kier molecular flexibility index (Phi) is 10.9. The van der Waals surface area contributed by atoms with Crippen LogP contribution in [0.4, 0.5) is 34.1 Å². The second kappa shape index (κ2) is 17.9. The van der Waals surface area contributed by atoms with Gasteiger partial charge in [0.1, 0.15) is 0 Å². The molecule has 74 heavy (non-hydrogen) atoms. The third-order valence-electron chi connectivity index (χ3n) is 15.8. The van der Waals surface area contributed by atoms with Gasteiger partial charge in [0.05, 0.1) is 0 Å². The van der Waals surface area contributed by atoms with Gasteiger partial charge in [-0.25, -0.2) is 0 Å². The second-order valence-corrected chi connectivity index (χ2v) is 20.9. The maximum atomic E-state index is 2.42. The lowest BCUT2D eigenvalue weighted by molar-refractivity contribution is 0.660. The normalized spacial score (nSPS) is 13.8. The zero-order valence-electron chi connectivity index (χ0n) is 42.3. The van der Waals surface area contributed by atoms with Gasteiger partial charge in [-0.15, -0.1) is 0 Å². The SMILES string of the molecule is CC1(C)c2cc(/C=C/c3c4ccccc4c(/C=C/c4ccc5c(c4)C(C)(C)c4cc(N(c6ccccc6)c6ccccc6)ccc4-5)c4ccccc34)ccc2-c2ccc(N(c3ccccc3)c3ccccc3)cc21. The van der Waals surface area contributed by atoms with Gasteiger partial charge in [0.25, 0.3) is 0 Å². The quantitative estimate of drug-likeness (QED) is 0.0996. The molecule has 0 saturated carbocycles. The van der Waals surface area contributed by atoms with E-state index in [1.54, 1.807) is 0 Å². The third kappa shape index (κ3) is 7.56. The fourth-order valence-corrected chi connectivity index (χ4v) is 12.1. The lowest BCUT2D eigenvalue weighted by Gasteiger charge is -2.28. The van der Waals surface area contributed by atoms with E-state index in [2.05, 4.69) is 304 Å². The summed E-state index contributed by atoms with van der Waals surface area (Å²) < 4.78 is 0. The van der Waals surface area contributed by atoms with Crippen LogP contribution in [-0.4, -0.2) is 0 Å². The number of anilines is 6. The summed E-state index contributed by atoms with van der Waals surface area (Å²) >= 11 is 0. The number of para-hydroxylation sites is 4. The number of fused-ring (bicyclic) bond motifs is 8. The number of hydrogen-bond acceptors (Lipinski definition) is 2. The van der Waals surface area contributed by atoms with Crippen molar-refractivity contribution in [1.82, 2.24) is 0 Å². The summed E-state index contributed by atoms with van der Waals surface area (Å²) in [4.78, 5) is 4.72. The Morgan fingerprint density at radius 3 is 0.838 bits per heavy atom. The smallest absolute Gasteiger partial charge is 0.0465 e. The lowest BCUT2D eigenvalue weighted by Crippen LogP contribution is -2.16. The summed E-state index contributed by atoms with van der Waals surface area (Å²) in [6.45, 7) is 9.51. The monoisotopic (exact) mass is 948 g/mol. The molecule has 0 radical (unpaired) electrons. The highest BCUT2D eigenvalue weighted by Crippen LogP contribution is 2.53. The molecule has 0 spiro atoms. The van der Waals surface area contributed by atoms with Crippen LogP contribution in [0, 0.1) is 0 Å². The second-order valence-electron chi connectivity index (χ2n) is 20.9. The topological polar surface area (TPSA) is 6.48 Å². The van der Waals surface area contributed by atoms with Crippen LogP contribution < -0.4 is 9.80 Å². The summed E-state index contributed by atoms with van der Waals surface area (Å²) in [6, 6.07) is 88.6. The van der Waals surface area contributed by atoms with Crippen molar-refractivity contribution >= 4 is 80.0 Å². The Hall–Kier alpha value is -8.98. The molecule has 0 heterocycles. The Morgan fingerprint density at radius 2 is 0.527 bits per heavy atom. The van der Waals surface area contributed by atoms with Crippen LogP contribution in [-0.2, 0) is 10.8 Å². The molecular formula is C72H56N2. The Morgan fingerprint density at radius 1 is 0.257 bits per heavy atom. The van der Waals surface area contributed by atoms with Crippen LogP contribution in [0.3, 0.4) is 0 Å². The molecule has 0 aromatic heterocycles. The largest absolute Gasteiger partial charge is 0.310 e. The molecule has 0 bridgehead atoms. The highest BCUT2D eigenvalue weighted by molar-refractivity contribution is 6.14. The van der Waals surface area contributed by atoms with E-state index in [1.165, 1.54) is 88.3 Å². The molecule has 0 amide bonds. The number of hydrogen-bond donors (Lipinski definition) is 0. The molecule has 2 nitrogen and oxygen atoms in total. The van der Waals surface area contributed by atoms with Crippen molar-refractivity contribution in [2.75, 3.05) is 9.80 Å². The molecule has 11 aromatic carbocycles. The summed E-state index contributed by atoms with van der Waals surface area (Å²) in [5, 5.41) is 4.97. The van der Waals surface area contributed by atoms with E-state index >= 15 is 0 Å². The first kappa shape index (κ1) is 44.9. The average molecular weight is 949 g/mol. The zero-order valence-corrected chi connectivity index (χ0v) is 42.3. The molecule has 354 valence electrons. The molecule has 0 atom stereocenters. The van der Waals surface area contributed by atoms with Crippen molar-refractivity contribution in [1.29, 1.82) is 0 Å². The number of nitrogens with zero attached hydrogens (tertiary/aromatic N) is 2. The van der Waals surface area contributed by atoms with Crippen molar-refractivity contribution < 1.29 is 0 Å². The molecule has 2 aliphatic carbocycles. The number of benzene rings is 11. The van der Waals surface area contributed by atoms with E-state index in [4.69, 9.17) is 0 Å². The minimum Gasteiger partial charge on any atom is -0.310 e. The molecule has 0 aliphatic heterocycles. The van der Waals surface area contributed by atoms with Crippen molar-refractivity contribution in [2.24, 2.45) is 0 Å². The molecule has 13 rings (SSSR count). The van der Waals surface area contributed by atoms with Gasteiger partial charge in [-0.2, -0.15) is 0 Å². The maximum Gasteiger partial charge on any atom is 0.0465 e. The fraction of sp³-hybridized carbons (Fsp3) is 0.0833. The van der Waals surface area contributed by atoms with Gasteiger partial charge >= 0.3 is 0 Å². The third-order valence-corrected chi connectivity index (χ3v) is 15.8. The summed E-state index contributed by atoms with van der Waals surface area (Å²) in [7, 11) is 0. The highest BCUT2D eigenvalue weighted by Gasteiger charge is 2.37. The van der Waals surface area contributed by atoms with Crippen LogP contribution in [0.1, 0.15) is 72.2 Å². The molecule has 2 heteroatoms. The maximum absolute atomic E-state index is 2.42. The predicted octanol–water partition coefficient (Wildman–Crippen LogP) is 19.9. The van der Waals surface area contributed by atoms with Gasteiger partial charge in [0.2, 0.25) is 0 Å². The van der Waals surface area contributed by atoms with Crippen molar-refractivity contribution in [3.63, 3.8) is 0 Å². The standard InChI is InChI=1S/C72H56N2/c1-71(2)67-45-49(35-41-63(67)65-43-37-55(47-69(65)71)73(51-21-9-5-10-22-51)52-23-11-6-12-24-52)33-39-61-57-29-17-19-31-59(57)62(60-32-20-18-30-58(60)61)40-34-50-36-42-64-66-44-38-56(48-70(66)72(3,4)68(64)46-50)74(53-25-13-7-14-26-53)54-27-15-8-16-28-54/h5-48H,1-4H3/b39-33+,40-34+. The van der Waals surface area contributed by atoms with Crippen LogP contribution in [0.5, 0.6) is 0 Å². The number of rotatable bonds is 10. The average Bonchev–Trinajstić information content (AvgIpc) is 3.81. The minimum absolute atomic E-state index is 0.188. The Labute approximate surface area is 435 Å². The van der Waals surface area contributed by atoms with Crippen LogP contribution in [0.15, 0.2) is 243 Å². The lowest BCUT2D eigenvalue weighted by atomic mass is 9.81. The molecule has 0 fully saturated rings. The van der Waals surface area contributed by atoms with E-state index in [0.717, 1.165) is 34.1 Å². The first-order valence-electron chi connectivity index (χ1n) is 25.9. The first-order chi connectivity index (χ1) is 36.2. The van der Waals surface area contributed by atoms with Gasteiger partial charge in [-0.1, -0.05) is 222 Å². The summed E-state index contributed by atoms with van der Waals surface area (Å²) in [5.41, 5.74) is 22.0. The zero-order chi connectivity index (χ0) is 50.0. The van der Waals surface area contributed by atoms with E-state index in [1.807, 2.05) is 0 Å². The Balaban J connectivity index is 0.817. The molecule has 0 unspecified atom stereocenters. The van der Waals surface area contributed by atoms with E-state index in [9.17, 15) is 0 Å². The van der Waals surface area contributed by atoms with Gasteiger partial charge in [0.15, 0.2) is 0 Å². The molecule has 2 aliphatic rings. The fourth-order valence-electron chi connectivity index (χ4n) is 12.1. The van der Waals surface area contributed by atoms with Crippen molar-refractivity contribution in [2.45, 2.75) is 38.5 Å². The van der Waals surface area contributed by atoms with Crippen molar-refractivity contribution in [3.8, 4) is 22.3 Å². The summed E-state index contributed by atoms with van der Waals surface area (Å²) in [6.07, 6.45) is 9.31. The minimum atomic E-state index is -0.188. The highest BCUT2D eigenvalue weighted by atomic mass is 15.1. The molecule has 11 aromatic rings. The van der Waals surface area contributed by atoms with E-state index < -0.39 is 0 Å². The molecule has 0 saturated heterocycles. The van der Waals surface area contributed by atoms with Crippen LogP contribution in [0.2, 0.25) is 0 Å².